The Labute approximate surface area is 188 Å². The van der Waals surface area contributed by atoms with Crippen LogP contribution < -0.4 is 15.9 Å². The monoisotopic (exact) mass is 474 g/mol. The zero-order chi connectivity index (χ0) is 20.9. The average molecular weight is 475 g/mol. The summed E-state index contributed by atoms with van der Waals surface area (Å²) in [5, 5.41) is 1.26. The van der Waals surface area contributed by atoms with Gasteiger partial charge in [0, 0.05) is 0 Å². The van der Waals surface area contributed by atoms with Crippen molar-refractivity contribution in [2.75, 3.05) is 6.16 Å². The zero-order valence-corrected chi connectivity index (χ0v) is 19.8. The number of rotatable bonds is 7. The number of hydrogen-bond acceptors (Lipinski definition) is 0. The van der Waals surface area contributed by atoms with Gasteiger partial charge in [0.25, 0.3) is 0 Å². The van der Waals surface area contributed by atoms with Crippen LogP contribution in [0.4, 0.5) is 0 Å². The van der Waals surface area contributed by atoms with Crippen LogP contribution in [0.5, 0.6) is 0 Å². The van der Waals surface area contributed by atoms with E-state index in [-0.39, 0.29) is 0 Å². The van der Waals surface area contributed by atoms with E-state index in [9.17, 15) is 0 Å². The molecule has 30 heavy (non-hydrogen) atoms. The summed E-state index contributed by atoms with van der Waals surface area (Å²) >= 11 is 4.59. The second-order valence-corrected chi connectivity index (χ2v) is 16.9. The molecule has 1 atom stereocenters. The topological polar surface area (TPSA) is 0 Å². The Balaban J connectivity index is 2.03. The molecule has 0 aliphatic carbocycles. The standard InChI is InChI=1S/C28H28BrP/c1-2-24(25-15-7-3-8-16-25)23-30(29,26-17-9-4-10-18-26,27-19-11-5-12-20-27)28-21-13-6-14-22-28/h3-22,24H,2,23H2,1H3. The van der Waals surface area contributed by atoms with Gasteiger partial charge in [-0.25, -0.2) is 0 Å². The molecule has 0 heterocycles. The molecule has 0 aromatic heterocycles. The van der Waals surface area contributed by atoms with Gasteiger partial charge < -0.3 is 0 Å². The Morgan fingerprint density at radius 3 is 1.23 bits per heavy atom. The van der Waals surface area contributed by atoms with E-state index in [1.54, 1.807) is 0 Å². The summed E-state index contributed by atoms with van der Waals surface area (Å²) in [6.45, 7) is 2.31. The number of halogens is 1. The normalized spacial score (nSPS) is 13.9. The van der Waals surface area contributed by atoms with Crippen LogP contribution in [0.3, 0.4) is 0 Å². The molecule has 0 saturated heterocycles. The third kappa shape index (κ3) is 3.66. The molecular weight excluding hydrogens is 447 g/mol. The molecule has 0 fully saturated rings. The molecule has 0 spiro atoms. The fourth-order valence-electron chi connectivity index (χ4n) is 4.59. The molecule has 0 amide bonds. The van der Waals surface area contributed by atoms with Gasteiger partial charge in [0.1, 0.15) is 0 Å². The van der Waals surface area contributed by atoms with Crippen molar-refractivity contribution in [3.8, 4) is 0 Å². The molecule has 2 heteroatoms. The molecule has 0 radical (unpaired) electrons. The molecule has 0 aliphatic heterocycles. The predicted octanol–water partition coefficient (Wildman–Crippen LogP) is 7.02. The van der Waals surface area contributed by atoms with Crippen LogP contribution in [0.15, 0.2) is 121 Å². The van der Waals surface area contributed by atoms with Crippen molar-refractivity contribution in [3.63, 3.8) is 0 Å². The maximum absolute atomic E-state index is 4.59. The summed E-state index contributed by atoms with van der Waals surface area (Å²) in [7, 11) is 0. The minimum absolute atomic E-state index is 0.448. The Bertz CT molecular complexity index is 963. The first-order valence-corrected chi connectivity index (χ1v) is 15.1. The van der Waals surface area contributed by atoms with Crippen LogP contribution in [-0.2, 0) is 0 Å². The van der Waals surface area contributed by atoms with Crippen molar-refractivity contribution in [1.82, 2.24) is 0 Å². The minimum atomic E-state index is -2.90. The van der Waals surface area contributed by atoms with E-state index in [1.807, 2.05) is 0 Å². The van der Waals surface area contributed by atoms with Gasteiger partial charge in [-0.05, 0) is 0 Å². The van der Waals surface area contributed by atoms with Crippen molar-refractivity contribution >= 4 is 36.7 Å². The van der Waals surface area contributed by atoms with Gasteiger partial charge in [0.15, 0.2) is 0 Å². The van der Waals surface area contributed by atoms with Crippen molar-refractivity contribution in [2.45, 2.75) is 19.3 Å². The van der Waals surface area contributed by atoms with Crippen LogP contribution in [0.1, 0.15) is 24.8 Å². The Hall–Kier alpha value is -2.21. The van der Waals surface area contributed by atoms with Crippen LogP contribution >= 0.6 is 20.8 Å². The second kappa shape index (κ2) is 8.88. The predicted molar refractivity (Wildman–Crippen MR) is 138 cm³/mol. The molecule has 0 aliphatic rings. The zero-order valence-electron chi connectivity index (χ0n) is 17.4. The number of benzene rings is 4. The van der Waals surface area contributed by atoms with E-state index < -0.39 is 5.31 Å². The van der Waals surface area contributed by atoms with Gasteiger partial charge in [-0.2, -0.15) is 0 Å². The molecule has 4 rings (SSSR count). The van der Waals surface area contributed by atoms with Gasteiger partial charge >= 0.3 is 189 Å². The number of hydrogen-bond donors (Lipinski definition) is 0. The maximum atomic E-state index is 4.59. The fourth-order valence-corrected chi connectivity index (χ4v) is 13.0. The Morgan fingerprint density at radius 1 is 0.567 bits per heavy atom. The van der Waals surface area contributed by atoms with Crippen molar-refractivity contribution in [2.24, 2.45) is 0 Å². The van der Waals surface area contributed by atoms with Crippen LogP contribution in [-0.4, -0.2) is 6.16 Å². The van der Waals surface area contributed by atoms with Crippen LogP contribution in [0.2, 0.25) is 0 Å². The first kappa shape index (κ1) is 21.0. The molecular formula is C28H28BrP. The SMILES string of the molecule is CCC(CP(Br)(c1ccccc1)(c1ccccc1)c1ccccc1)c1ccccc1. The van der Waals surface area contributed by atoms with Gasteiger partial charge in [-0.3, -0.25) is 0 Å². The van der Waals surface area contributed by atoms with Crippen LogP contribution in [0, 0.1) is 0 Å². The molecule has 1 unspecified atom stereocenters. The fraction of sp³-hybridized carbons (Fsp3) is 0.143. The van der Waals surface area contributed by atoms with Gasteiger partial charge in [0.2, 0.25) is 0 Å². The van der Waals surface area contributed by atoms with Crippen molar-refractivity contribution < 1.29 is 0 Å². The van der Waals surface area contributed by atoms with E-state index >= 15 is 0 Å². The summed E-state index contributed by atoms with van der Waals surface area (Å²) in [6.07, 6.45) is 2.14. The molecule has 0 bridgehead atoms. The third-order valence-electron chi connectivity index (χ3n) is 6.21. The summed E-state index contributed by atoms with van der Waals surface area (Å²) in [4.78, 5) is 0. The summed E-state index contributed by atoms with van der Waals surface area (Å²) in [5.41, 5.74) is 1.41. The molecule has 0 saturated carbocycles. The van der Waals surface area contributed by atoms with Crippen molar-refractivity contribution in [3.05, 3.63) is 127 Å². The van der Waals surface area contributed by atoms with Gasteiger partial charge in [0.05, 0.1) is 0 Å². The third-order valence-corrected chi connectivity index (χ3v) is 16.0. The first-order valence-electron chi connectivity index (χ1n) is 10.6. The average Bonchev–Trinajstić information content (AvgIpc) is 2.85. The van der Waals surface area contributed by atoms with E-state index in [1.165, 1.54) is 21.5 Å². The van der Waals surface area contributed by atoms with E-state index in [0.717, 1.165) is 12.6 Å². The quantitative estimate of drug-likeness (QED) is 0.252. The summed E-state index contributed by atoms with van der Waals surface area (Å²) in [5.74, 6) is 0.448. The molecule has 0 nitrogen and oxygen atoms in total. The molecule has 152 valence electrons. The van der Waals surface area contributed by atoms with Crippen molar-refractivity contribution in [1.29, 1.82) is 0 Å². The second-order valence-electron chi connectivity index (χ2n) is 7.89. The van der Waals surface area contributed by atoms with Gasteiger partial charge in [-0.1, -0.05) is 0 Å². The summed E-state index contributed by atoms with van der Waals surface area (Å²) in [6, 6.07) is 44.2. The van der Waals surface area contributed by atoms with Gasteiger partial charge in [-0.15, -0.1) is 0 Å². The molecule has 4 aromatic rings. The van der Waals surface area contributed by atoms with E-state index in [2.05, 4.69) is 144 Å². The molecule has 4 aromatic carbocycles. The summed E-state index contributed by atoms with van der Waals surface area (Å²) < 4.78 is 0. The molecule has 0 N–H and O–H groups in total. The van der Waals surface area contributed by atoms with E-state index in [0.29, 0.717) is 5.92 Å². The van der Waals surface area contributed by atoms with Crippen LogP contribution in [0.25, 0.3) is 0 Å². The first-order chi connectivity index (χ1) is 14.7. The van der Waals surface area contributed by atoms with E-state index in [4.69, 9.17) is 0 Å². The Morgan fingerprint density at radius 2 is 0.900 bits per heavy atom. The Kier molecular flexibility index (Phi) is 6.23.